The van der Waals surface area contributed by atoms with E-state index in [4.69, 9.17) is 4.74 Å². The van der Waals surface area contributed by atoms with Gasteiger partial charge in [0, 0.05) is 12.6 Å². The molecule has 0 heterocycles. The van der Waals surface area contributed by atoms with Crippen LogP contribution in [-0.4, -0.2) is 37.3 Å². The van der Waals surface area contributed by atoms with Crippen molar-refractivity contribution in [1.29, 1.82) is 0 Å². The SMILES string of the molecule is CCNC1CCC(OCCCSC)CC1. The fourth-order valence-corrected chi connectivity index (χ4v) is 2.58. The molecule has 15 heavy (non-hydrogen) atoms. The Morgan fingerprint density at radius 2 is 2.00 bits per heavy atom. The highest BCUT2D eigenvalue weighted by Gasteiger charge is 2.20. The number of rotatable bonds is 7. The van der Waals surface area contributed by atoms with E-state index in [9.17, 15) is 0 Å². The predicted molar refractivity (Wildman–Crippen MR) is 68.7 cm³/mol. The molecule has 1 N–H and O–H groups in total. The van der Waals surface area contributed by atoms with Gasteiger partial charge in [-0.3, -0.25) is 0 Å². The average molecular weight is 231 g/mol. The maximum atomic E-state index is 5.87. The van der Waals surface area contributed by atoms with Gasteiger partial charge in [0.25, 0.3) is 0 Å². The number of thioether (sulfide) groups is 1. The van der Waals surface area contributed by atoms with Crippen molar-refractivity contribution in [3.8, 4) is 0 Å². The van der Waals surface area contributed by atoms with E-state index in [1.54, 1.807) is 0 Å². The van der Waals surface area contributed by atoms with Gasteiger partial charge in [-0.1, -0.05) is 6.92 Å². The Balaban J connectivity index is 1.99. The van der Waals surface area contributed by atoms with E-state index in [0.717, 1.165) is 19.2 Å². The first kappa shape index (κ1) is 13.3. The zero-order valence-electron chi connectivity index (χ0n) is 10.1. The smallest absolute Gasteiger partial charge is 0.0576 e. The average Bonchev–Trinajstić information content (AvgIpc) is 2.27. The normalized spacial score (nSPS) is 26.8. The van der Waals surface area contributed by atoms with Crippen molar-refractivity contribution in [2.75, 3.05) is 25.2 Å². The molecule has 90 valence electrons. The summed E-state index contributed by atoms with van der Waals surface area (Å²) in [5.74, 6) is 1.23. The van der Waals surface area contributed by atoms with Crippen LogP contribution in [-0.2, 0) is 4.74 Å². The second-order valence-corrected chi connectivity index (χ2v) is 5.23. The molecular formula is C12H25NOS. The third-order valence-electron chi connectivity index (χ3n) is 3.01. The molecule has 3 heteroatoms. The number of nitrogens with one attached hydrogen (secondary N) is 1. The Morgan fingerprint density at radius 1 is 1.27 bits per heavy atom. The van der Waals surface area contributed by atoms with Crippen LogP contribution in [0.4, 0.5) is 0 Å². The van der Waals surface area contributed by atoms with Crippen LogP contribution in [0.1, 0.15) is 39.0 Å². The summed E-state index contributed by atoms with van der Waals surface area (Å²) < 4.78 is 5.87. The van der Waals surface area contributed by atoms with Crippen LogP contribution in [0.25, 0.3) is 0 Å². The summed E-state index contributed by atoms with van der Waals surface area (Å²) >= 11 is 1.91. The van der Waals surface area contributed by atoms with Crippen LogP contribution in [0.2, 0.25) is 0 Å². The molecule has 0 aromatic carbocycles. The summed E-state index contributed by atoms with van der Waals surface area (Å²) in [6.07, 6.45) is 8.98. The highest BCUT2D eigenvalue weighted by molar-refractivity contribution is 7.98. The van der Waals surface area contributed by atoms with E-state index in [-0.39, 0.29) is 0 Å². The Labute approximate surface area is 98.5 Å². The second-order valence-electron chi connectivity index (χ2n) is 4.25. The molecule has 0 aliphatic heterocycles. The lowest BCUT2D eigenvalue weighted by Crippen LogP contribution is -2.35. The van der Waals surface area contributed by atoms with Crippen molar-refractivity contribution < 1.29 is 4.74 Å². The molecule has 2 nitrogen and oxygen atoms in total. The first-order valence-corrected chi connectivity index (χ1v) is 7.60. The van der Waals surface area contributed by atoms with Crippen molar-refractivity contribution in [2.45, 2.75) is 51.2 Å². The quantitative estimate of drug-likeness (QED) is 0.681. The van der Waals surface area contributed by atoms with Crippen LogP contribution in [0, 0.1) is 0 Å². The van der Waals surface area contributed by atoms with Gasteiger partial charge in [-0.25, -0.2) is 0 Å². The van der Waals surface area contributed by atoms with E-state index in [2.05, 4.69) is 18.5 Å². The summed E-state index contributed by atoms with van der Waals surface area (Å²) in [5, 5.41) is 3.52. The Kier molecular flexibility index (Phi) is 7.49. The maximum Gasteiger partial charge on any atom is 0.0576 e. The highest BCUT2D eigenvalue weighted by atomic mass is 32.2. The Bertz CT molecular complexity index is 144. The van der Waals surface area contributed by atoms with Crippen LogP contribution < -0.4 is 5.32 Å². The minimum atomic E-state index is 0.543. The van der Waals surface area contributed by atoms with Gasteiger partial charge in [-0.05, 0) is 50.7 Å². The van der Waals surface area contributed by atoms with Crippen molar-refractivity contribution in [2.24, 2.45) is 0 Å². The predicted octanol–water partition coefficient (Wildman–Crippen LogP) is 2.68. The molecule has 0 spiro atoms. The summed E-state index contributed by atoms with van der Waals surface area (Å²) in [4.78, 5) is 0. The van der Waals surface area contributed by atoms with Gasteiger partial charge in [0.2, 0.25) is 0 Å². The van der Waals surface area contributed by atoms with Gasteiger partial charge >= 0.3 is 0 Å². The van der Waals surface area contributed by atoms with Gasteiger partial charge in [-0.15, -0.1) is 0 Å². The molecular weight excluding hydrogens is 206 g/mol. The van der Waals surface area contributed by atoms with Crippen LogP contribution in [0.3, 0.4) is 0 Å². The zero-order valence-corrected chi connectivity index (χ0v) is 10.9. The molecule has 0 saturated heterocycles. The maximum absolute atomic E-state index is 5.87. The van der Waals surface area contributed by atoms with Crippen molar-refractivity contribution >= 4 is 11.8 Å². The molecule has 0 unspecified atom stereocenters. The topological polar surface area (TPSA) is 21.3 Å². The lowest BCUT2D eigenvalue weighted by Gasteiger charge is -2.29. The largest absolute Gasteiger partial charge is 0.378 e. The van der Waals surface area contributed by atoms with Crippen molar-refractivity contribution in [1.82, 2.24) is 5.32 Å². The summed E-state index contributed by atoms with van der Waals surface area (Å²) in [7, 11) is 0. The van der Waals surface area contributed by atoms with Gasteiger partial charge in [0.15, 0.2) is 0 Å². The molecule has 0 aromatic heterocycles. The van der Waals surface area contributed by atoms with E-state index in [1.165, 1.54) is 37.9 Å². The minimum Gasteiger partial charge on any atom is -0.378 e. The molecule has 1 rings (SSSR count). The molecule has 0 aromatic rings. The molecule has 0 atom stereocenters. The van der Waals surface area contributed by atoms with Crippen LogP contribution >= 0.6 is 11.8 Å². The first-order valence-electron chi connectivity index (χ1n) is 6.20. The van der Waals surface area contributed by atoms with Gasteiger partial charge in [0.1, 0.15) is 0 Å². The second kappa shape index (κ2) is 8.43. The highest BCUT2D eigenvalue weighted by Crippen LogP contribution is 2.21. The summed E-state index contributed by atoms with van der Waals surface area (Å²) in [5.41, 5.74) is 0. The van der Waals surface area contributed by atoms with E-state index >= 15 is 0 Å². The Hall–Kier alpha value is 0.270. The Morgan fingerprint density at radius 3 is 2.60 bits per heavy atom. The van der Waals surface area contributed by atoms with Crippen molar-refractivity contribution in [3.63, 3.8) is 0 Å². The lowest BCUT2D eigenvalue weighted by molar-refractivity contribution is 0.0234. The number of hydrogen-bond acceptors (Lipinski definition) is 3. The van der Waals surface area contributed by atoms with E-state index in [0.29, 0.717) is 6.10 Å². The van der Waals surface area contributed by atoms with E-state index in [1.807, 2.05) is 11.8 Å². The first-order chi connectivity index (χ1) is 7.36. The number of hydrogen-bond donors (Lipinski definition) is 1. The molecule has 1 aliphatic carbocycles. The molecule has 1 aliphatic rings. The fraction of sp³-hybridized carbons (Fsp3) is 1.00. The summed E-state index contributed by atoms with van der Waals surface area (Å²) in [6.45, 7) is 4.24. The molecule has 0 bridgehead atoms. The molecule has 0 radical (unpaired) electrons. The lowest BCUT2D eigenvalue weighted by atomic mass is 9.93. The standard InChI is InChI=1S/C12H25NOS/c1-3-13-11-5-7-12(8-6-11)14-9-4-10-15-2/h11-13H,3-10H2,1-2H3. The summed E-state index contributed by atoms with van der Waals surface area (Å²) in [6, 6.07) is 0.751. The zero-order chi connectivity index (χ0) is 10.9. The molecule has 0 amide bonds. The molecule has 1 saturated carbocycles. The minimum absolute atomic E-state index is 0.543. The third-order valence-corrected chi connectivity index (χ3v) is 3.71. The number of ether oxygens (including phenoxy) is 1. The monoisotopic (exact) mass is 231 g/mol. The van der Waals surface area contributed by atoms with E-state index < -0.39 is 0 Å². The van der Waals surface area contributed by atoms with Crippen LogP contribution in [0.15, 0.2) is 0 Å². The fourth-order valence-electron chi connectivity index (χ4n) is 2.18. The van der Waals surface area contributed by atoms with Crippen LogP contribution in [0.5, 0.6) is 0 Å². The van der Waals surface area contributed by atoms with Gasteiger partial charge < -0.3 is 10.1 Å². The van der Waals surface area contributed by atoms with Gasteiger partial charge in [0.05, 0.1) is 6.10 Å². The molecule has 1 fully saturated rings. The third kappa shape index (κ3) is 5.79. The van der Waals surface area contributed by atoms with Gasteiger partial charge in [-0.2, -0.15) is 11.8 Å². The van der Waals surface area contributed by atoms with Crippen molar-refractivity contribution in [3.05, 3.63) is 0 Å².